The number of hydrogen-bond acceptors (Lipinski definition) is 14. The van der Waals surface area contributed by atoms with E-state index in [4.69, 9.17) is 47.4 Å². The molecule has 0 aliphatic carbocycles. The summed E-state index contributed by atoms with van der Waals surface area (Å²) >= 11 is 0. The van der Waals surface area contributed by atoms with E-state index in [9.17, 15) is 25.2 Å². The summed E-state index contributed by atoms with van der Waals surface area (Å²) < 4.78 is 55.9. The first-order chi connectivity index (χ1) is 17.9. The van der Waals surface area contributed by atoms with Crippen LogP contribution in [0.2, 0.25) is 0 Å². The van der Waals surface area contributed by atoms with Gasteiger partial charge in [-0.25, -0.2) is 4.79 Å². The molecule has 0 saturated carbocycles. The molecular formula is C22H38O15. The second kappa shape index (κ2) is 15.5. The van der Waals surface area contributed by atoms with Crippen LogP contribution in [0, 0.1) is 0 Å². The summed E-state index contributed by atoms with van der Waals surface area (Å²) in [5, 5.41) is 40.2. The molecule has 0 unspecified atom stereocenters. The third kappa shape index (κ3) is 7.98. The molecule has 0 amide bonds. The molecule has 15 nitrogen and oxygen atoms in total. The zero-order valence-electron chi connectivity index (χ0n) is 20.9. The quantitative estimate of drug-likeness (QED) is 0.283. The number of carboxylic acid groups (broad SMARTS) is 1. The molecule has 0 aromatic heterocycles. The van der Waals surface area contributed by atoms with Crippen LogP contribution in [0.15, 0.2) is 0 Å². The molecule has 3 rings (SSSR count). The topological polar surface area (TPSA) is 190 Å². The summed E-state index contributed by atoms with van der Waals surface area (Å²) in [5.74, 6) is -1.36. The Bertz CT molecular complexity index is 668. The van der Waals surface area contributed by atoms with Crippen LogP contribution in [-0.4, -0.2) is 161 Å². The first-order valence-electron chi connectivity index (χ1n) is 12.1. The van der Waals surface area contributed by atoms with E-state index < -0.39 is 74.0 Å². The lowest BCUT2D eigenvalue weighted by molar-refractivity contribution is -0.313. The molecule has 0 spiro atoms. The Labute approximate surface area is 214 Å². The first-order valence-corrected chi connectivity index (χ1v) is 12.1. The van der Waals surface area contributed by atoms with E-state index in [1.54, 1.807) is 0 Å². The van der Waals surface area contributed by atoms with Crippen molar-refractivity contribution in [3.63, 3.8) is 0 Å². The van der Waals surface area contributed by atoms with Crippen molar-refractivity contribution < 1.29 is 72.6 Å². The van der Waals surface area contributed by atoms with Gasteiger partial charge in [0.1, 0.15) is 42.7 Å². The number of methoxy groups -OCH3 is 2. The van der Waals surface area contributed by atoms with Gasteiger partial charge in [-0.1, -0.05) is 0 Å². The van der Waals surface area contributed by atoms with E-state index in [0.29, 0.717) is 0 Å². The van der Waals surface area contributed by atoms with E-state index in [0.717, 1.165) is 0 Å². The van der Waals surface area contributed by atoms with Crippen LogP contribution >= 0.6 is 0 Å². The van der Waals surface area contributed by atoms with Gasteiger partial charge in [0.25, 0.3) is 0 Å². The zero-order valence-corrected chi connectivity index (χ0v) is 20.9. The Kier molecular flexibility index (Phi) is 12.8. The average Bonchev–Trinajstić information content (AvgIpc) is 2.89. The van der Waals surface area contributed by atoms with Crippen LogP contribution in [-0.2, 0) is 52.2 Å². The highest BCUT2D eigenvalue weighted by Gasteiger charge is 2.50. The summed E-state index contributed by atoms with van der Waals surface area (Å²) in [6.07, 6.45) is -10.8. The molecule has 216 valence electrons. The maximum absolute atomic E-state index is 11.5. The van der Waals surface area contributed by atoms with E-state index in [2.05, 4.69) is 0 Å². The normalized spacial score (nSPS) is 41.5. The SMILES string of the molecule is CO[C@H]1O[C@H](C(=O)O)[C@@H](O)[C@@H]2OCCOCCO[C@H]3[C@@H](OC)O[C@H](CO)[C@@H](O)[C@@H]3OCCOCCO[C@@H]12. The van der Waals surface area contributed by atoms with Crippen molar-refractivity contribution in [2.24, 2.45) is 0 Å². The molecule has 3 heterocycles. The van der Waals surface area contributed by atoms with Gasteiger partial charge in [0.15, 0.2) is 18.7 Å². The summed E-state index contributed by atoms with van der Waals surface area (Å²) in [4.78, 5) is 11.5. The maximum atomic E-state index is 11.5. The van der Waals surface area contributed by atoms with Gasteiger partial charge in [-0.3, -0.25) is 0 Å². The zero-order chi connectivity index (χ0) is 26.8. The van der Waals surface area contributed by atoms with E-state index >= 15 is 0 Å². The highest BCUT2D eigenvalue weighted by Crippen LogP contribution is 2.28. The fraction of sp³-hybridized carbons (Fsp3) is 0.955. The minimum atomic E-state index is -1.56. The van der Waals surface area contributed by atoms with E-state index in [1.807, 2.05) is 0 Å². The van der Waals surface area contributed by atoms with Crippen LogP contribution in [0.3, 0.4) is 0 Å². The molecule has 0 radical (unpaired) electrons. The Morgan fingerprint density at radius 3 is 1.57 bits per heavy atom. The van der Waals surface area contributed by atoms with Crippen molar-refractivity contribution in [1.29, 1.82) is 0 Å². The number of fused-ring (bicyclic) bond motifs is 2. The van der Waals surface area contributed by atoms with Crippen molar-refractivity contribution in [3.05, 3.63) is 0 Å². The number of aliphatic hydroxyl groups excluding tert-OH is 3. The van der Waals surface area contributed by atoms with E-state index in [1.165, 1.54) is 14.2 Å². The summed E-state index contributed by atoms with van der Waals surface area (Å²) in [7, 11) is 2.75. The van der Waals surface area contributed by atoms with Crippen molar-refractivity contribution >= 4 is 5.97 Å². The number of carbonyl (C=O) groups is 1. The minimum absolute atomic E-state index is 0.0106. The van der Waals surface area contributed by atoms with Crippen molar-refractivity contribution in [2.75, 3.05) is 73.7 Å². The van der Waals surface area contributed by atoms with Gasteiger partial charge in [-0.05, 0) is 0 Å². The lowest BCUT2D eigenvalue weighted by Crippen LogP contribution is -2.62. The first kappa shape index (κ1) is 30.5. The number of carboxylic acids is 1. The molecule has 3 fully saturated rings. The van der Waals surface area contributed by atoms with Crippen LogP contribution in [0.5, 0.6) is 0 Å². The second-order valence-electron chi connectivity index (χ2n) is 8.51. The predicted molar refractivity (Wildman–Crippen MR) is 119 cm³/mol. The molecule has 3 saturated heterocycles. The van der Waals surface area contributed by atoms with Crippen molar-refractivity contribution in [3.8, 4) is 0 Å². The van der Waals surface area contributed by atoms with Gasteiger partial charge < -0.3 is 67.8 Å². The molecule has 3 aliphatic heterocycles. The average molecular weight is 543 g/mol. The number of aliphatic hydroxyl groups is 3. The molecule has 0 aromatic carbocycles. The molecule has 10 atom stereocenters. The molecule has 3 aliphatic rings. The van der Waals surface area contributed by atoms with Gasteiger partial charge in [0.05, 0.1) is 59.5 Å². The Morgan fingerprint density at radius 2 is 1.14 bits per heavy atom. The molecule has 37 heavy (non-hydrogen) atoms. The predicted octanol–water partition coefficient (Wildman–Crippen LogP) is -2.88. The summed E-state index contributed by atoms with van der Waals surface area (Å²) in [5.41, 5.74) is 0. The van der Waals surface area contributed by atoms with Gasteiger partial charge in [-0.2, -0.15) is 0 Å². The molecule has 4 N–H and O–H groups in total. The molecular weight excluding hydrogens is 504 g/mol. The highest BCUT2D eigenvalue weighted by atomic mass is 16.7. The van der Waals surface area contributed by atoms with Crippen molar-refractivity contribution in [1.82, 2.24) is 0 Å². The lowest BCUT2D eigenvalue weighted by Gasteiger charge is -2.43. The van der Waals surface area contributed by atoms with Gasteiger partial charge in [0.2, 0.25) is 0 Å². The van der Waals surface area contributed by atoms with Crippen LogP contribution in [0.1, 0.15) is 0 Å². The minimum Gasteiger partial charge on any atom is -0.479 e. The van der Waals surface area contributed by atoms with Gasteiger partial charge >= 0.3 is 5.97 Å². The smallest absolute Gasteiger partial charge is 0.335 e. The monoisotopic (exact) mass is 542 g/mol. The van der Waals surface area contributed by atoms with Crippen LogP contribution < -0.4 is 0 Å². The number of aliphatic carboxylic acids is 1. The third-order valence-electron chi connectivity index (χ3n) is 6.18. The fourth-order valence-corrected chi connectivity index (χ4v) is 4.36. The Hall–Kier alpha value is -1.05. The largest absolute Gasteiger partial charge is 0.479 e. The standard InChI is InChI=1S/C22H38O15/c1-28-21-18-15(13(24)12(11-23)36-21)32-7-3-30-6-10-35-19-16(33-8-4-31-5-9-34-18)14(25)17(20(26)27)37-22(19)29-2/h12-19,21-25H,3-11H2,1-2H3,(H,26,27)/t12-,13-,14+,15+,16+,17+,18-,19-,21+,22+/m1/s1. The van der Waals surface area contributed by atoms with Crippen LogP contribution in [0.25, 0.3) is 0 Å². The number of ether oxygens (including phenoxy) is 10. The number of hydrogen-bond donors (Lipinski definition) is 4. The third-order valence-corrected chi connectivity index (χ3v) is 6.18. The molecule has 0 aromatic rings. The summed E-state index contributed by atoms with van der Waals surface area (Å²) in [6, 6.07) is 0. The lowest BCUT2D eigenvalue weighted by atomic mass is 9.98. The Balaban J connectivity index is 1.64. The maximum Gasteiger partial charge on any atom is 0.335 e. The van der Waals surface area contributed by atoms with E-state index in [-0.39, 0.29) is 52.9 Å². The summed E-state index contributed by atoms with van der Waals surface area (Å²) in [6.45, 7) is 0.327. The fourth-order valence-electron chi connectivity index (χ4n) is 4.36. The molecule has 15 heteroatoms. The Morgan fingerprint density at radius 1 is 0.703 bits per heavy atom. The highest BCUT2D eigenvalue weighted by molar-refractivity contribution is 5.73. The van der Waals surface area contributed by atoms with Gasteiger partial charge in [0, 0.05) is 14.2 Å². The molecule has 0 bridgehead atoms. The van der Waals surface area contributed by atoms with Crippen molar-refractivity contribution in [2.45, 2.75) is 61.4 Å². The second-order valence-corrected chi connectivity index (χ2v) is 8.51. The number of rotatable bonds is 4. The van der Waals surface area contributed by atoms with Gasteiger partial charge in [-0.15, -0.1) is 0 Å². The van der Waals surface area contributed by atoms with Crippen LogP contribution in [0.4, 0.5) is 0 Å².